The van der Waals surface area contributed by atoms with Crippen LogP contribution in [0.4, 0.5) is 5.95 Å². The Morgan fingerprint density at radius 2 is 2.00 bits per heavy atom. The van der Waals surface area contributed by atoms with E-state index in [1.54, 1.807) is 12.4 Å². The number of nitrogens with zero attached hydrogens (tertiary/aromatic N) is 5. The molecule has 112 valence electrons. The predicted octanol–water partition coefficient (Wildman–Crippen LogP) is 1.21. The summed E-state index contributed by atoms with van der Waals surface area (Å²) in [6, 6.07) is 0. The number of ether oxygens (including phenoxy) is 1. The first-order valence-electron chi connectivity index (χ1n) is 7.01. The lowest BCUT2D eigenvalue weighted by atomic mass is 10.3. The number of hydrogen-bond acceptors (Lipinski definition) is 7. The van der Waals surface area contributed by atoms with E-state index in [1.807, 2.05) is 0 Å². The van der Waals surface area contributed by atoms with Crippen LogP contribution in [0.5, 0.6) is 0 Å². The molecule has 8 heteroatoms. The van der Waals surface area contributed by atoms with E-state index < -0.39 is 0 Å². The Kier molecular flexibility index (Phi) is 4.74. The molecule has 1 aliphatic rings. The van der Waals surface area contributed by atoms with Gasteiger partial charge >= 0.3 is 0 Å². The lowest BCUT2D eigenvalue weighted by Gasteiger charge is -2.26. The van der Waals surface area contributed by atoms with Crippen molar-refractivity contribution in [1.82, 2.24) is 24.8 Å². The highest BCUT2D eigenvalue weighted by Crippen LogP contribution is 2.17. The van der Waals surface area contributed by atoms with Crippen molar-refractivity contribution in [2.45, 2.75) is 6.42 Å². The molecule has 3 rings (SSSR count). The first-order valence-corrected chi connectivity index (χ1v) is 7.39. The zero-order valence-corrected chi connectivity index (χ0v) is 12.4. The standard InChI is InChI=1S/C13H17ClN6O/c14-11-10-12(16-4-3-15-10)19-13(18-11)17-2-1-5-20-6-8-21-9-7-20/h3-4H,1-2,5-9H2,(H,16,17,18,19). The van der Waals surface area contributed by atoms with Gasteiger partial charge in [-0.05, 0) is 13.0 Å². The Labute approximate surface area is 127 Å². The van der Waals surface area contributed by atoms with Crippen LogP contribution in [0.15, 0.2) is 12.4 Å². The maximum atomic E-state index is 6.08. The van der Waals surface area contributed by atoms with Crippen molar-refractivity contribution >= 4 is 28.7 Å². The number of morpholine rings is 1. The molecule has 0 unspecified atom stereocenters. The zero-order valence-electron chi connectivity index (χ0n) is 11.6. The van der Waals surface area contributed by atoms with Gasteiger partial charge in [-0.1, -0.05) is 11.6 Å². The van der Waals surface area contributed by atoms with E-state index in [0.29, 0.717) is 22.3 Å². The lowest BCUT2D eigenvalue weighted by molar-refractivity contribution is 0.0378. The molecule has 0 radical (unpaired) electrons. The molecule has 7 nitrogen and oxygen atoms in total. The minimum Gasteiger partial charge on any atom is -0.379 e. The Morgan fingerprint density at radius 3 is 2.86 bits per heavy atom. The first kappa shape index (κ1) is 14.4. The third-order valence-electron chi connectivity index (χ3n) is 3.33. The topological polar surface area (TPSA) is 76.1 Å². The van der Waals surface area contributed by atoms with Crippen LogP contribution < -0.4 is 5.32 Å². The normalized spacial score (nSPS) is 16.2. The summed E-state index contributed by atoms with van der Waals surface area (Å²) in [7, 11) is 0. The average molecular weight is 309 g/mol. The summed E-state index contributed by atoms with van der Waals surface area (Å²) in [6.45, 7) is 5.50. The molecule has 0 amide bonds. The highest BCUT2D eigenvalue weighted by Gasteiger charge is 2.10. The van der Waals surface area contributed by atoms with E-state index in [1.165, 1.54) is 0 Å². The van der Waals surface area contributed by atoms with Gasteiger partial charge in [-0.3, -0.25) is 4.90 Å². The molecular weight excluding hydrogens is 292 g/mol. The minimum absolute atomic E-state index is 0.323. The van der Waals surface area contributed by atoms with Gasteiger partial charge in [0.15, 0.2) is 10.8 Å². The highest BCUT2D eigenvalue weighted by atomic mass is 35.5. The Morgan fingerprint density at radius 1 is 1.19 bits per heavy atom. The third kappa shape index (κ3) is 3.75. The molecule has 1 aliphatic heterocycles. The van der Waals surface area contributed by atoms with Crippen LogP contribution in [-0.2, 0) is 4.74 Å². The summed E-state index contributed by atoms with van der Waals surface area (Å²) in [5, 5.41) is 3.51. The number of fused-ring (bicyclic) bond motifs is 1. The maximum Gasteiger partial charge on any atom is 0.226 e. The summed E-state index contributed by atoms with van der Waals surface area (Å²) >= 11 is 6.08. The molecule has 0 spiro atoms. The van der Waals surface area contributed by atoms with Crippen LogP contribution >= 0.6 is 11.6 Å². The SMILES string of the molecule is Clc1nc(NCCCN2CCOCC2)nc2nccnc12. The second-order valence-electron chi connectivity index (χ2n) is 4.80. The van der Waals surface area contributed by atoms with Crippen molar-refractivity contribution in [2.24, 2.45) is 0 Å². The van der Waals surface area contributed by atoms with Gasteiger partial charge < -0.3 is 10.1 Å². The van der Waals surface area contributed by atoms with Crippen LogP contribution in [0, 0.1) is 0 Å². The summed E-state index contributed by atoms with van der Waals surface area (Å²) in [4.78, 5) is 19.2. The van der Waals surface area contributed by atoms with Gasteiger partial charge in [0, 0.05) is 32.0 Å². The number of anilines is 1. The molecule has 0 atom stereocenters. The summed E-state index contributed by atoms with van der Waals surface area (Å²) < 4.78 is 5.32. The van der Waals surface area contributed by atoms with Crippen molar-refractivity contribution in [2.75, 3.05) is 44.7 Å². The van der Waals surface area contributed by atoms with E-state index in [9.17, 15) is 0 Å². The highest BCUT2D eigenvalue weighted by molar-refractivity contribution is 6.33. The van der Waals surface area contributed by atoms with Gasteiger partial charge in [0.25, 0.3) is 0 Å². The Bertz CT molecular complexity index is 604. The Balaban J connectivity index is 1.53. The van der Waals surface area contributed by atoms with E-state index >= 15 is 0 Å². The minimum atomic E-state index is 0.323. The van der Waals surface area contributed by atoms with E-state index in [-0.39, 0.29) is 0 Å². The molecule has 0 bridgehead atoms. The van der Waals surface area contributed by atoms with Gasteiger partial charge in [-0.2, -0.15) is 9.97 Å². The van der Waals surface area contributed by atoms with E-state index in [2.05, 4.69) is 30.2 Å². The summed E-state index contributed by atoms with van der Waals surface area (Å²) in [6.07, 6.45) is 4.18. The molecule has 2 aromatic heterocycles. The van der Waals surface area contributed by atoms with Crippen molar-refractivity contribution in [3.63, 3.8) is 0 Å². The largest absolute Gasteiger partial charge is 0.379 e. The number of hydrogen-bond donors (Lipinski definition) is 1. The van der Waals surface area contributed by atoms with Gasteiger partial charge in [-0.15, -0.1) is 0 Å². The zero-order chi connectivity index (χ0) is 14.5. The quantitative estimate of drug-likeness (QED) is 0.657. The molecule has 0 aliphatic carbocycles. The van der Waals surface area contributed by atoms with Gasteiger partial charge in [0.2, 0.25) is 5.95 Å². The molecule has 21 heavy (non-hydrogen) atoms. The van der Waals surface area contributed by atoms with Crippen molar-refractivity contribution in [3.8, 4) is 0 Å². The summed E-state index contributed by atoms with van der Waals surface area (Å²) in [5.41, 5.74) is 1.03. The number of halogens is 1. The molecule has 2 aromatic rings. The van der Waals surface area contributed by atoms with Crippen molar-refractivity contribution in [1.29, 1.82) is 0 Å². The summed E-state index contributed by atoms with van der Waals surface area (Å²) in [5.74, 6) is 0.495. The van der Waals surface area contributed by atoms with Crippen LogP contribution in [0.25, 0.3) is 11.2 Å². The number of nitrogens with one attached hydrogen (secondary N) is 1. The average Bonchev–Trinajstić information content (AvgIpc) is 2.53. The smallest absolute Gasteiger partial charge is 0.226 e. The monoisotopic (exact) mass is 308 g/mol. The number of aromatic nitrogens is 4. The molecular formula is C13H17ClN6O. The van der Waals surface area contributed by atoms with Gasteiger partial charge in [-0.25, -0.2) is 9.97 Å². The van der Waals surface area contributed by atoms with Crippen LogP contribution in [0.1, 0.15) is 6.42 Å². The lowest BCUT2D eigenvalue weighted by Crippen LogP contribution is -2.37. The van der Waals surface area contributed by atoms with E-state index in [0.717, 1.165) is 45.8 Å². The van der Waals surface area contributed by atoms with Crippen molar-refractivity contribution in [3.05, 3.63) is 17.5 Å². The van der Waals surface area contributed by atoms with Crippen LogP contribution in [0.2, 0.25) is 5.15 Å². The fourth-order valence-corrected chi connectivity index (χ4v) is 2.45. The van der Waals surface area contributed by atoms with Gasteiger partial charge in [0.1, 0.15) is 5.52 Å². The first-order chi connectivity index (χ1) is 10.3. The molecule has 1 fully saturated rings. The fourth-order valence-electron chi connectivity index (χ4n) is 2.24. The number of rotatable bonds is 5. The van der Waals surface area contributed by atoms with Crippen LogP contribution in [0.3, 0.4) is 0 Å². The van der Waals surface area contributed by atoms with Gasteiger partial charge in [0.05, 0.1) is 13.2 Å². The predicted molar refractivity (Wildman–Crippen MR) is 80.5 cm³/mol. The van der Waals surface area contributed by atoms with Crippen LogP contribution in [-0.4, -0.2) is 64.2 Å². The molecule has 3 heterocycles. The van der Waals surface area contributed by atoms with E-state index in [4.69, 9.17) is 16.3 Å². The second kappa shape index (κ2) is 6.93. The maximum absolute atomic E-state index is 6.08. The Hall–Kier alpha value is -1.57. The molecule has 0 aromatic carbocycles. The fraction of sp³-hybridized carbons (Fsp3) is 0.538. The van der Waals surface area contributed by atoms with Crippen molar-refractivity contribution < 1.29 is 4.74 Å². The second-order valence-corrected chi connectivity index (χ2v) is 5.16. The molecule has 0 saturated carbocycles. The third-order valence-corrected chi connectivity index (χ3v) is 3.59. The molecule has 1 saturated heterocycles. The molecule has 1 N–H and O–H groups in total.